The summed E-state index contributed by atoms with van der Waals surface area (Å²) in [6, 6.07) is 5.91. The molecular weight excluding hydrogens is 252 g/mol. The monoisotopic (exact) mass is 272 g/mol. The van der Waals surface area contributed by atoms with Crippen molar-refractivity contribution in [3.05, 3.63) is 29.3 Å². The maximum Gasteiger partial charge on any atom is 0.223 e. The number of carbonyl (C=O) groups excluding carboxylic acids is 1. The number of rotatable bonds is 6. The smallest absolute Gasteiger partial charge is 0.223 e. The lowest BCUT2D eigenvalue weighted by Gasteiger charge is -2.08. The number of carbonyl (C=O) groups is 1. The van der Waals surface area contributed by atoms with Crippen LogP contribution in [0.1, 0.15) is 17.5 Å². The maximum absolute atomic E-state index is 11.3. The maximum atomic E-state index is 11.3. The molecule has 0 bridgehead atoms. The van der Waals surface area contributed by atoms with Gasteiger partial charge in [0.25, 0.3) is 0 Å². The SMILES string of the molecule is Cc1ccc(OCCC(=O)NCCN)cc1C.Cl. The van der Waals surface area contributed by atoms with E-state index in [1.807, 2.05) is 25.1 Å². The van der Waals surface area contributed by atoms with Crippen molar-refractivity contribution < 1.29 is 9.53 Å². The van der Waals surface area contributed by atoms with Crippen molar-refractivity contribution in [1.82, 2.24) is 5.32 Å². The first-order valence-electron chi connectivity index (χ1n) is 5.80. The molecule has 0 aliphatic heterocycles. The zero-order valence-corrected chi connectivity index (χ0v) is 11.7. The van der Waals surface area contributed by atoms with Crippen LogP contribution in [-0.2, 0) is 4.79 Å². The van der Waals surface area contributed by atoms with Gasteiger partial charge in [-0.15, -0.1) is 12.4 Å². The highest BCUT2D eigenvalue weighted by molar-refractivity contribution is 5.85. The van der Waals surface area contributed by atoms with Crippen LogP contribution in [0, 0.1) is 13.8 Å². The molecule has 0 atom stereocenters. The summed E-state index contributed by atoms with van der Waals surface area (Å²) < 4.78 is 5.50. The number of hydrogen-bond donors (Lipinski definition) is 2. The number of nitrogens with one attached hydrogen (secondary N) is 1. The van der Waals surface area contributed by atoms with Gasteiger partial charge in [-0.25, -0.2) is 0 Å². The van der Waals surface area contributed by atoms with Gasteiger partial charge in [-0.3, -0.25) is 4.79 Å². The highest BCUT2D eigenvalue weighted by Crippen LogP contribution is 2.16. The molecule has 1 amide bonds. The molecule has 3 N–H and O–H groups in total. The van der Waals surface area contributed by atoms with Gasteiger partial charge in [0.15, 0.2) is 0 Å². The molecule has 0 saturated heterocycles. The van der Waals surface area contributed by atoms with E-state index in [0.29, 0.717) is 26.1 Å². The molecule has 1 aromatic rings. The molecule has 102 valence electrons. The van der Waals surface area contributed by atoms with Gasteiger partial charge in [0.05, 0.1) is 13.0 Å². The number of hydrogen-bond acceptors (Lipinski definition) is 3. The second-order valence-electron chi connectivity index (χ2n) is 3.98. The topological polar surface area (TPSA) is 64.3 Å². The third kappa shape index (κ3) is 5.89. The average Bonchev–Trinajstić information content (AvgIpc) is 2.31. The molecule has 0 aromatic heterocycles. The van der Waals surface area contributed by atoms with E-state index in [1.165, 1.54) is 11.1 Å². The Morgan fingerprint density at radius 1 is 1.33 bits per heavy atom. The van der Waals surface area contributed by atoms with Crippen molar-refractivity contribution in [1.29, 1.82) is 0 Å². The molecule has 0 spiro atoms. The average molecular weight is 273 g/mol. The lowest BCUT2D eigenvalue weighted by Crippen LogP contribution is -2.29. The fourth-order valence-electron chi connectivity index (χ4n) is 1.37. The molecule has 4 nitrogen and oxygen atoms in total. The van der Waals surface area contributed by atoms with Crippen LogP contribution in [0.5, 0.6) is 5.75 Å². The van der Waals surface area contributed by atoms with Gasteiger partial charge in [-0.2, -0.15) is 0 Å². The van der Waals surface area contributed by atoms with Crippen LogP contribution in [-0.4, -0.2) is 25.6 Å². The first-order chi connectivity index (χ1) is 8.13. The molecule has 0 aliphatic carbocycles. The number of aryl methyl sites for hydroxylation is 2. The van der Waals surface area contributed by atoms with Gasteiger partial charge in [-0.1, -0.05) is 6.07 Å². The molecule has 0 saturated carbocycles. The Morgan fingerprint density at radius 3 is 2.67 bits per heavy atom. The fraction of sp³-hybridized carbons (Fsp3) is 0.462. The quantitative estimate of drug-likeness (QED) is 0.826. The predicted molar refractivity (Wildman–Crippen MR) is 75.3 cm³/mol. The van der Waals surface area contributed by atoms with Crippen LogP contribution in [0.2, 0.25) is 0 Å². The lowest BCUT2D eigenvalue weighted by molar-refractivity contribution is -0.121. The molecule has 0 heterocycles. The first kappa shape index (κ1) is 16.7. The largest absolute Gasteiger partial charge is 0.493 e. The number of halogens is 1. The van der Waals surface area contributed by atoms with Crippen LogP contribution >= 0.6 is 12.4 Å². The van der Waals surface area contributed by atoms with E-state index in [4.69, 9.17) is 10.5 Å². The van der Waals surface area contributed by atoms with E-state index < -0.39 is 0 Å². The van der Waals surface area contributed by atoms with Gasteiger partial charge >= 0.3 is 0 Å². The summed E-state index contributed by atoms with van der Waals surface area (Å²) in [5.41, 5.74) is 7.71. The third-order valence-corrected chi connectivity index (χ3v) is 2.54. The van der Waals surface area contributed by atoms with Gasteiger partial charge in [-0.05, 0) is 37.1 Å². The Labute approximate surface area is 114 Å². The van der Waals surface area contributed by atoms with Crippen molar-refractivity contribution in [2.45, 2.75) is 20.3 Å². The fourth-order valence-corrected chi connectivity index (χ4v) is 1.37. The van der Waals surface area contributed by atoms with E-state index in [1.54, 1.807) is 0 Å². The second-order valence-corrected chi connectivity index (χ2v) is 3.98. The van der Waals surface area contributed by atoms with Crippen molar-refractivity contribution >= 4 is 18.3 Å². The van der Waals surface area contributed by atoms with Crippen molar-refractivity contribution in [2.75, 3.05) is 19.7 Å². The molecule has 18 heavy (non-hydrogen) atoms. The number of ether oxygens (including phenoxy) is 1. The summed E-state index contributed by atoms with van der Waals surface area (Å²) in [5.74, 6) is 0.777. The standard InChI is InChI=1S/C13H20N2O2.ClH/c1-10-3-4-12(9-11(10)2)17-8-5-13(16)15-7-6-14;/h3-4,9H,5-8,14H2,1-2H3,(H,15,16);1H. The Bertz CT molecular complexity index is 383. The normalized spacial score (nSPS) is 9.50. The van der Waals surface area contributed by atoms with E-state index in [-0.39, 0.29) is 18.3 Å². The van der Waals surface area contributed by atoms with Gasteiger partial charge < -0.3 is 15.8 Å². The molecule has 5 heteroatoms. The summed E-state index contributed by atoms with van der Waals surface area (Å²) >= 11 is 0. The summed E-state index contributed by atoms with van der Waals surface area (Å²) in [7, 11) is 0. The van der Waals surface area contributed by atoms with E-state index in [0.717, 1.165) is 5.75 Å². The highest BCUT2D eigenvalue weighted by Gasteiger charge is 2.01. The molecule has 1 rings (SSSR count). The summed E-state index contributed by atoms with van der Waals surface area (Å²) in [6.07, 6.45) is 0.354. The molecule has 0 fully saturated rings. The van der Waals surface area contributed by atoms with Crippen LogP contribution in [0.3, 0.4) is 0 Å². The molecular formula is C13H21ClN2O2. The Kier molecular flexibility index (Phi) is 8.16. The zero-order valence-electron chi connectivity index (χ0n) is 10.9. The number of amides is 1. The van der Waals surface area contributed by atoms with Crippen LogP contribution in [0.15, 0.2) is 18.2 Å². The summed E-state index contributed by atoms with van der Waals surface area (Å²) in [5, 5.41) is 2.70. The van der Waals surface area contributed by atoms with Crippen molar-refractivity contribution in [3.8, 4) is 5.75 Å². The Morgan fingerprint density at radius 2 is 2.06 bits per heavy atom. The molecule has 1 aromatic carbocycles. The van der Waals surface area contributed by atoms with Gasteiger partial charge in [0.2, 0.25) is 5.91 Å². The number of nitrogens with two attached hydrogens (primary N) is 1. The Balaban J connectivity index is 0.00000289. The summed E-state index contributed by atoms with van der Waals surface area (Å²) in [4.78, 5) is 11.3. The summed E-state index contributed by atoms with van der Waals surface area (Å²) in [6.45, 7) is 5.46. The van der Waals surface area contributed by atoms with Crippen LogP contribution in [0.25, 0.3) is 0 Å². The van der Waals surface area contributed by atoms with E-state index in [9.17, 15) is 4.79 Å². The highest BCUT2D eigenvalue weighted by atomic mass is 35.5. The van der Waals surface area contributed by atoms with Gasteiger partial charge in [0, 0.05) is 13.1 Å². The first-order valence-corrected chi connectivity index (χ1v) is 5.80. The molecule has 0 aliphatic rings. The van der Waals surface area contributed by atoms with Crippen molar-refractivity contribution in [3.63, 3.8) is 0 Å². The third-order valence-electron chi connectivity index (χ3n) is 2.54. The minimum Gasteiger partial charge on any atom is -0.493 e. The van der Waals surface area contributed by atoms with E-state index in [2.05, 4.69) is 12.2 Å². The van der Waals surface area contributed by atoms with Gasteiger partial charge in [0.1, 0.15) is 5.75 Å². The Hall–Kier alpha value is -1.26. The minimum absolute atomic E-state index is 0. The molecule has 0 unspecified atom stereocenters. The predicted octanol–water partition coefficient (Wildman–Crippen LogP) is 1.57. The lowest BCUT2D eigenvalue weighted by atomic mass is 10.1. The van der Waals surface area contributed by atoms with E-state index >= 15 is 0 Å². The second kappa shape index (κ2) is 8.78. The zero-order chi connectivity index (χ0) is 12.7. The minimum atomic E-state index is -0.0284. The molecule has 0 radical (unpaired) electrons. The number of benzene rings is 1. The van der Waals surface area contributed by atoms with Crippen LogP contribution < -0.4 is 15.8 Å². The van der Waals surface area contributed by atoms with Crippen LogP contribution in [0.4, 0.5) is 0 Å². The van der Waals surface area contributed by atoms with Crippen molar-refractivity contribution in [2.24, 2.45) is 5.73 Å².